The van der Waals surface area contributed by atoms with Crippen LogP contribution in [-0.2, 0) is 5.54 Å². The molecule has 2 aliphatic rings. The van der Waals surface area contributed by atoms with Gasteiger partial charge in [0.1, 0.15) is 0 Å². The largest absolute Gasteiger partial charge is 0.320 e. The Morgan fingerprint density at radius 2 is 1.84 bits per heavy atom. The number of rotatable bonds is 2. The molecule has 0 radical (unpaired) electrons. The fraction of sp³-hybridized carbons (Fsp3) is 0.750. The smallest absolute Gasteiger partial charge is 0.0564 e. The normalized spacial score (nSPS) is 33.5. The summed E-state index contributed by atoms with van der Waals surface area (Å²) in [6.07, 6.45) is 12.0. The van der Waals surface area contributed by atoms with Gasteiger partial charge in [0.2, 0.25) is 0 Å². The van der Waals surface area contributed by atoms with Crippen LogP contribution in [0.25, 0.3) is 0 Å². The second kappa shape index (κ2) is 5.75. The maximum atomic E-state index is 6.93. The number of halogens is 1. The zero-order valence-corrected chi connectivity index (χ0v) is 13.1. The minimum atomic E-state index is -0.147. The van der Waals surface area contributed by atoms with E-state index in [1.54, 1.807) is 11.3 Å². The van der Waals surface area contributed by atoms with E-state index in [9.17, 15) is 0 Å². The van der Waals surface area contributed by atoms with Gasteiger partial charge in [-0.2, -0.15) is 0 Å². The Balaban J connectivity index is 1.89. The van der Waals surface area contributed by atoms with Gasteiger partial charge in [-0.25, -0.2) is 0 Å². The van der Waals surface area contributed by atoms with Gasteiger partial charge >= 0.3 is 0 Å². The maximum absolute atomic E-state index is 6.93. The maximum Gasteiger partial charge on any atom is 0.0564 e. The van der Waals surface area contributed by atoms with E-state index < -0.39 is 0 Å². The lowest BCUT2D eigenvalue weighted by atomic mass is 9.63. The van der Waals surface area contributed by atoms with E-state index in [0.717, 1.165) is 17.4 Å². The third-order valence-corrected chi connectivity index (χ3v) is 6.81. The highest BCUT2D eigenvalue weighted by atomic mass is 35.5. The summed E-state index contributed by atoms with van der Waals surface area (Å²) in [7, 11) is 0. The van der Waals surface area contributed by atoms with Crippen molar-refractivity contribution >= 4 is 22.9 Å². The molecule has 1 aromatic rings. The molecule has 2 atom stereocenters. The Morgan fingerprint density at radius 3 is 2.53 bits per heavy atom. The molecular weight excluding hydrogens is 274 g/mol. The molecule has 0 saturated heterocycles. The fourth-order valence-corrected chi connectivity index (χ4v) is 5.77. The van der Waals surface area contributed by atoms with Crippen LogP contribution < -0.4 is 5.73 Å². The highest BCUT2D eigenvalue weighted by molar-refractivity contribution is 7.10. The summed E-state index contributed by atoms with van der Waals surface area (Å²) in [4.78, 5) is 1.25. The van der Waals surface area contributed by atoms with Crippen LogP contribution in [-0.4, -0.2) is 0 Å². The molecule has 19 heavy (non-hydrogen) atoms. The van der Waals surface area contributed by atoms with Crippen LogP contribution >= 0.6 is 22.9 Å². The molecule has 0 spiro atoms. The predicted octanol–water partition coefficient (Wildman–Crippen LogP) is 5.33. The van der Waals surface area contributed by atoms with E-state index in [4.69, 9.17) is 17.3 Å². The van der Waals surface area contributed by atoms with Crippen molar-refractivity contribution in [3.8, 4) is 0 Å². The van der Waals surface area contributed by atoms with Gasteiger partial charge in [0.05, 0.1) is 10.6 Å². The molecular formula is C16H24ClNS. The van der Waals surface area contributed by atoms with Gasteiger partial charge in [0, 0.05) is 4.88 Å². The summed E-state index contributed by atoms with van der Waals surface area (Å²) >= 11 is 8.16. The number of thiophene rings is 1. The van der Waals surface area contributed by atoms with Crippen molar-refractivity contribution in [2.75, 3.05) is 0 Å². The lowest BCUT2D eigenvalue weighted by Crippen LogP contribution is -2.49. The summed E-state index contributed by atoms with van der Waals surface area (Å²) in [6.45, 7) is 0. The first-order chi connectivity index (χ1) is 9.22. The van der Waals surface area contributed by atoms with Crippen LogP contribution in [0, 0.1) is 11.8 Å². The van der Waals surface area contributed by atoms with Crippen molar-refractivity contribution in [2.45, 2.75) is 63.3 Å². The Bertz CT molecular complexity index is 424. The van der Waals surface area contributed by atoms with Gasteiger partial charge in [-0.05, 0) is 36.1 Å². The van der Waals surface area contributed by atoms with E-state index in [2.05, 4.69) is 5.38 Å². The van der Waals surface area contributed by atoms with E-state index >= 15 is 0 Å². The molecule has 0 bridgehead atoms. The average Bonchev–Trinajstić information content (AvgIpc) is 2.87. The summed E-state index contributed by atoms with van der Waals surface area (Å²) in [5.41, 5.74) is 6.78. The second-order valence-electron chi connectivity index (χ2n) is 6.39. The molecule has 0 aromatic carbocycles. The van der Waals surface area contributed by atoms with Crippen LogP contribution in [0.3, 0.4) is 0 Å². The van der Waals surface area contributed by atoms with Gasteiger partial charge in [-0.3, -0.25) is 0 Å². The Labute approximate surface area is 125 Å². The molecule has 0 aliphatic heterocycles. The van der Waals surface area contributed by atoms with Crippen molar-refractivity contribution in [2.24, 2.45) is 17.6 Å². The molecule has 2 saturated carbocycles. The van der Waals surface area contributed by atoms with E-state index in [-0.39, 0.29) is 5.54 Å². The topological polar surface area (TPSA) is 26.0 Å². The fourth-order valence-electron chi connectivity index (χ4n) is 4.33. The van der Waals surface area contributed by atoms with Crippen molar-refractivity contribution in [1.82, 2.24) is 0 Å². The van der Waals surface area contributed by atoms with E-state index in [1.807, 2.05) is 6.07 Å². The molecule has 2 unspecified atom stereocenters. The van der Waals surface area contributed by atoms with Gasteiger partial charge < -0.3 is 5.73 Å². The average molecular weight is 298 g/mol. The quantitative estimate of drug-likeness (QED) is 0.785. The van der Waals surface area contributed by atoms with E-state index in [0.29, 0.717) is 5.92 Å². The molecule has 2 fully saturated rings. The number of hydrogen-bond donors (Lipinski definition) is 1. The molecule has 106 valence electrons. The third-order valence-electron chi connectivity index (χ3n) is 5.28. The van der Waals surface area contributed by atoms with E-state index in [1.165, 1.54) is 56.2 Å². The summed E-state index contributed by atoms with van der Waals surface area (Å²) < 4.78 is 0. The van der Waals surface area contributed by atoms with Crippen molar-refractivity contribution in [1.29, 1.82) is 0 Å². The molecule has 1 heterocycles. The third kappa shape index (κ3) is 2.59. The van der Waals surface area contributed by atoms with Crippen LogP contribution in [0.15, 0.2) is 11.4 Å². The summed E-state index contributed by atoms with van der Waals surface area (Å²) in [5, 5.41) is 2.99. The number of hydrogen-bond acceptors (Lipinski definition) is 2. The van der Waals surface area contributed by atoms with Gasteiger partial charge in [0.15, 0.2) is 0 Å². The Morgan fingerprint density at radius 1 is 1.11 bits per heavy atom. The molecule has 3 rings (SSSR count). The van der Waals surface area contributed by atoms with Crippen LogP contribution in [0.5, 0.6) is 0 Å². The van der Waals surface area contributed by atoms with Crippen molar-refractivity contribution < 1.29 is 0 Å². The zero-order chi connectivity index (χ0) is 13.3. The first kappa shape index (κ1) is 13.9. The monoisotopic (exact) mass is 297 g/mol. The first-order valence-electron chi connectivity index (χ1n) is 7.74. The molecule has 1 aromatic heterocycles. The molecule has 2 aliphatic carbocycles. The van der Waals surface area contributed by atoms with Gasteiger partial charge in [0.25, 0.3) is 0 Å². The summed E-state index contributed by atoms with van der Waals surface area (Å²) in [6, 6.07) is 2.02. The standard InChI is InChI=1S/C16H24ClNS/c17-14-9-11-19-15(14)16(18)10-5-4-8-13(16)12-6-2-1-3-7-12/h9,11-13H,1-8,10,18H2. The number of nitrogens with two attached hydrogens (primary N) is 1. The van der Waals surface area contributed by atoms with Gasteiger partial charge in [-0.1, -0.05) is 56.5 Å². The Kier molecular flexibility index (Phi) is 4.21. The minimum absolute atomic E-state index is 0.147. The molecule has 2 N–H and O–H groups in total. The zero-order valence-electron chi connectivity index (χ0n) is 11.5. The lowest BCUT2D eigenvalue weighted by Gasteiger charge is -2.46. The van der Waals surface area contributed by atoms with Crippen LogP contribution in [0.2, 0.25) is 5.02 Å². The molecule has 0 amide bonds. The van der Waals surface area contributed by atoms with Crippen molar-refractivity contribution in [3.05, 3.63) is 21.3 Å². The second-order valence-corrected chi connectivity index (χ2v) is 7.71. The SMILES string of the molecule is NC1(c2sccc2Cl)CCCCC1C1CCCCC1. The summed E-state index contributed by atoms with van der Waals surface area (Å²) in [5.74, 6) is 1.48. The Hall–Kier alpha value is -0.0500. The lowest BCUT2D eigenvalue weighted by molar-refractivity contribution is 0.101. The van der Waals surface area contributed by atoms with Gasteiger partial charge in [-0.15, -0.1) is 11.3 Å². The highest BCUT2D eigenvalue weighted by Crippen LogP contribution is 2.50. The molecule has 1 nitrogen and oxygen atoms in total. The predicted molar refractivity (Wildman–Crippen MR) is 83.7 cm³/mol. The van der Waals surface area contributed by atoms with Crippen LogP contribution in [0.4, 0.5) is 0 Å². The first-order valence-corrected chi connectivity index (χ1v) is 9.00. The van der Waals surface area contributed by atoms with Crippen molar-refractivity contribution in [3.63, 3.8) is 0 Å². The minimum Gasteiger partial charge on any atom is -0.320 e. The van der Waals surface area contributed by atoms with Crippen LogP contribution in [0.1, 0.15) is 62.7 Å². The highest BCUT2D eigenvalue weighted by Gasteiger charge is 2.44. The molecule has 3 heteroatoms.